The number of carbonyl (C=O) groups is 1. The van der Waals surface area contributed by atoms with Crippen molar-refractivity contribution in [2.45, 2.75) is 25.5 Å². The molecule has 0 saturated heterocycles. The van der Waals surface area contributed by atoms with Gasteiger partial charge in [-0.05, 0) is 25.5 Å². The largest absolute Gasteiger partial charge is 0.485 e. The second-order valence-corrected chi connectivity index (χ2v) is 4.42. The number of nitrogens with two attached hydrogens (primary N) is 1. The summed E-state index contributed by atoms with van der Waals surface area (Å²) in [4.78, 5) is 11.8. The lowest BCUT2D eigenvalue weighted by atomic mass is 10.2. The Morgan fingerprint density at radius 3 is 2.84 bits per heavy atom. The maximum atomic E-state index is 11.8. The molecule has 1 aliphatic rings. The zero-order valence-corrected chi connectivity index (χ0v) is 11.6. The molecule has 3 N–H and O–H groups in total. The molecule has 1 aromatic carbocycles. The van der Waals surface area contributed by atoms with Crippen LogP contribution in [0.1, 0.15) is 13.3 Å². The van der Waals surface area contributed by atoms with Gasteiger partial charge < -0.3 is 20.5 Å². The Balaban J connectivity index is 0.00000180. The molecule has 19 heavy (non-hydrogen) atoms. The molecule has 1 amide bonds. The lowest BCUT2D eigenvalue weighted by molar-refractivity contribution is -0.130. The molecular weight excluding hydrogens is 268 g/mol. The van der Waals surface area contributed by atoms with Crippen molar-refractivity contribution in [3.8, 4) is 11.5 Å². The number of rotatable bonds is 4. The molecule has 1 heterocycles. The van der Waals surface area contributed by atoms with E-state index in [1.54, 1.807) is 6.07 Å². The summed E-state index contributed by atoms with van der Waals surface area (Å²) in [6.07, 6.45) is 0.156. The minimum absolute atomic E-state index is 0. The van der Waals surface area contributed by atoms with E-state index in [1.807, 2.05) is 25.1 Å². The highest BCUT2D eigenvalue weighted by Gasteiger charge is 2.26. The van der Waals surface area contributed by atoms with Gasteiger partial charge in [0.05, 0.1) is 0 Å². The van der Waals surface area contributed by atoms with Crippen LogP contribution in [0, 0.1) is 0 Å². The average Bonchev–Trinajstić information content (AvgIpc) is 2.37. The van der Waals surface area contributed by atoms with Crippen molar-refractivity contribution in [3.05, 3.63) is 24.3 Å². The quantitative estimate of drug-likeness (QED) is 0.869. The third-order valence-corrected chi connectivity index (χ3v) is 2.70. The van der Waals surface area contributed by atoms with E-state index in [1.165, 1.54) is 0 Å². The van der Waals surface area contributed by atoms with Crippen LogP contribution in [0.3, 0.4) is 0 Å². The average molecular weight is 287 g/mol. The molecule has 1 aromatic rings. The fraction of sp³-hybridized carbons (Fsp3) is 0.462. The van der Waals surface area contributed by atoms with Gasteiger partial charge in [0.1, 0.15) is 6.61 Å². The monoisotopic (exact) mass is 286 g/mol. The van der Waals surface area contributed by atoms with E-state index in [0.717, 1.165) is 6.42 Å². The van der Waals surface area contributed by atoms with Crippen molar-refractivity contribution < 1.29 is 14.3 Å². The van der Waals surface area contributed by atoms with Gasteiger partial charge in [-0.25, -0.2) is 0 Å². The van der Waals surface area contributed by atoms with Gasteiger partial charge in [-0.2, -0.15) is 0 Å². The van der Waals surface area contributed by atoms with Gasteiger partial charge in [-0.3, -0.25) is 4.79 Å². The summed E-state index contributed by atoms with van der Waals surface area (Å²) in [6.45, 7) is 2.70. The number of ether oxygens (including phenoxy) is 2. The first-order chi connectivity index (χ1) is 8.66. The molecule has 0 spiro atoms. The molecule has 0 saturated carbocycles. The molecule has 0 bridgehead atoms. The van der Waals surface area contributed by atoms with E-state index < -0.39 is 6.10 Å². The summed E-state index contributed by atoms with van der Waals surface area (Å²) >= 11 is 0. The lowest BCUT2D eigenvalue weighted by Gasteiger charge is -2.25. The normalized spacial score (nSPS) is 18.1. The number of amides is 1. The Labute approximate surface area is 118 Å². The van der Waals surface area contributed by atoms with E-state index in [2.05, 4.69) is 5.32 Å². The summed E-state index contributed by atoms with van der Waals surface area (Å²) in [5, 5.41) is 2.79. The van der Waals surface area contributed by atoms with Crippen LogP contribution in [0.5, 0.6) is 11.5 Å². The van der Waals surface area contributed by atoms with Gasteiger partial charge in [0.25, 0.3) is 5.91 Å². The van der Waals surface area contributed by atoms with E-state index in [4.69, 9.17) is 15.2 Å². The van der Waals surface area contributed by atoms with Crippen molar-refractivity contribution in [1.82, 2.24) is 5.32 Å². The zero-order chi connectivity index (χ0) is 13.0. The number of hydrogen-bond acceptors (Lipinski definition) is 4. The Morgan fingerprint density at radius 1 is 1.47 bits per heavy atom. The van der Waals surface area contributed by atoms with Crippen molar-refractivity contribution in [3.63, 3.8) is 0 Å². The van der Waals surface area contributed by atoms with Crippen molar-refractivity contribution in [1.29, 1.82) is 0 Å². The number of halogens is 1. The number of fused-ring (bicyclic) bond motifs is 1. The van der Waals surface area contributed by atoms with E-state index >= 15 is 0 Å². The first kappa shape index (κ1) is 15.6. The summed E-state index contributed by atoms with van der Waals surface area (Å²) < 4.78 is 11.1. The molecule has 2 atom stereocenters. The second kappa shape index (κ2) is 7.21. The van der Waals surface area contributed by atoms with Gasteiger partial charge >= 0.3 is 0 Å². The van der Waals surface area contributed by atoms with Gasteiger partial charge in [0.15, 0.2) is 11.5 Å². The molecule has 2 rings (SSSR count). The molecule has 0 radical (unpaired) electrons. The van der Waals surface area contributed by atoms with E-state index in [-0.39, 0.29) is 31.0 Å². The molecule has 0 aromatic heterocycles. The van der Waals surface area contributed by atoms with Gasteiger partial charge in [0, 0.05) is 12.6 Å². The number of para-hydroxylation sites is 2. The maximum absolute atomic E-state index is 11.8. The minimum Gasteiger partial charge on any atom is -0.485 e. The zero-order valence-electron chi connectivity index (χ0n) is 10.8. The molecule has 0 fully saturated rings. The summed E-state index contributed by atoms with van der Waals surface area (Å²) in [6, 6.07) is 7.40. The number of benzene rings is 1. The van der Waals surface area contributed by atoms with Crippen LogP contribution < -0.4 is 20.5 Å². The van der Waals surface area contributed by atoms with Crippen LogP contribution in [0.15, 0.2) is 24.3 Å². The van der Waals surface area contributed by atoms with Crippen LogP contribution in [0.25, 0.3) is 0 Å². The van der Waals surface area contributed by atoms with Gasteiger partial charge in [-0.15, -0.1) is 12.4 Å². The fourth-order valence-electron chi connectivity index (χ4n) is 1.69. The molecule has 6 heteroatoms. The summed E-state index contributed by atoms with van der Waals surface area (Å²) in [5.74, 6) is 1.12. The third kappa shape index (κ3) is 4.29. The second-order valence-electron chi connectivity index (χ2n) is 4.42. The molecule has 0 aliphatic carbocycles. The summed E-state index contributed by atoms with van der Waals surface area (Å²) in [5.41, 5.74) is 5.61. The van der Waals surface area contributed by atoms with Crippen molar-refractivity contribution in [2.24, 2.45) is 5.73 Å². The SMILES string of the molecule is CC(N)CCNC(=O)C1COc2ccccc2O1.Cl. The summed E-state index contributed by atoms with van der Waals surface area (Å²) in [7, 11) is 0. The van der Waals surface area contributed by atoms with Crippen LogP contribution >= 0.6 is 12.4 Å². The Morgan fingerprint density at radius 2 is 2.16 bits per heavy atom. The van der Waals surface area contributed by atoms with Crippen LogP contribution in [0.2, 0.25) is 0 Å². The molecule has 5 nitrogen and oxygen atoms in total. The predicted octanol–water partition coefficient (Wildman–Crippen LogP) is 1.10. The van der Waals surface area contributed by atoms with Crippen molar-refractivity contribution >= 4 is 18.3 Å². The van der Waals surface area contributed by atoms with Gasteiger partial charge in [0.2, 0.25) is 6.10 Å². The molecule has 2 unspecified atom stereocenters. The highest BCUT2D eigenvalue weighted by Crippen LogP contribution is 2.30. The van der Waals surface area contributed by atoms with E-state index in [9.17, 15) is 4.79 Å². The number of carbonyl (C=O) groups excluding carboxylic acids is 1. The maximum Gasteiger partial charge on any atom is 0.264 e. The molecule has 106 valence electrons. The Hall–Kier alpha value is -1.46. The first-order valence-electron chi connectivity index (χ1n) is 6.08. The smallest absolute Gasteiger partial charge is 0.264 e. The molecule has 1 aliphatic heterocycles. The van der Waals surface area contributed by atoms with Crippen molar-refractivity contribution in [2.75, 3.05) is 13.2 Å². The van der Waals surface area contributed by atoms with Gasteiger partial charge in [-0.1, -0.05) is 12.1 Å². The van der Waals surface area contributed by atoms with E-state index in [0.29, 0.717) is 18.0 Å². The topological polar surface area (TPSA) is 73.6 Å². The highest BCUT2D eigenvalue weighted by molar-refractivity contribution is 5.85. The number of nitrogens with one attached hydrogen (secondary N) is 1. The van der Waals surface area contributed by atoms with Crippen LogP contribution in [0.4, 0.5) is 0 Å². The fourth-order valence-corrected chi connectivity index (χ4v) is 1.69. The predicted molar refractivity (Wildman–Crippen MR) is 74.9 cm³/mol. The third-order valence-electron chi connectivity index (χ3n) is 2.70. The Kier molecular flexibility index (Phi) is 5.92. The minimum atomic E-state index is -0.590. The first-order valence-corrected chi connectivity index (χ1v) is 6.08. The van der Waals surface area contributed by atoms with Crippen LogP contribution in [-0.4, -0.2) is 31.2 Å². The lowest BCUT2D eigenvalue weighted by Crippen LogP contribution is -2.44. The standard InChI is InChI=1S/C13H18N2O3.ClH/c1-9(14)6-7-15-13(16)12-8-17-10-4-2-3-5-11(10)18-12;/h2-5,9,12H,6-8,14H2,1H3,(H,15,16);1H. The highest BCUT2D eigenvalue weighted by atomic mass is 35.5. The molecular formula is C13H19ClN2O3. The number of hydrogen-bond donors (Lipinski definition) is 2. The van der Waals surface area contributed by atoms with Crippen LogP contribution in [-0.2, 0) is 4.79 Å². The Bertz CT molecular complexity index is 426.